The van der Waals surface area contributed by atoms with Crippen LogP contribution >= 0.6 is 0 Å². The predicted octanol–water partition coefficient (Wildman–Crippen LogP) is 2.65. The van der Waals surface area contributed by atoms with Gasteiger partial charge in [-0.3, -0.25) is 15.1 Å². The van der Waals surface area contributed by atoms with E-state index in [4.69, 9.17) is 11.6 Å². The first-order valence-corrected chi connectivity index (χ1v) is 5.89. The van der Waals surface area contributed by atoms with E-state index in [0.29, 0.717) is 12.1 Å². The van der Waals surface area contributed by atoms with E-state index in [-0.39, 0.29) is 5.69 Å². The highest BCUT2D eigenvalue weighted by molar-refractivity contribution is 5.54. The molecule has 0 spiro atoms. The van der Waals surface area contributed by atoms with Crippen LogP contribution in [0.1, 0.15) is 27.2 Å². The topological polar surface area (TPSA) is 98.4 Å². The summed E-state index contributed by atoms with van der Waals surface area (Å²) in [5, 5.41) is 11.7. The van der Waals surface area contributed by atoms with Gasteiger partial charge in [0.15, 0.2) is 0 Å². The van der Waals surface area contributed by atoms with E-state index < -0.39 is 16.4 Å². The van der Waals surface area contributed by atoms with Gasteiger partial charge in [0.25, 0.3) is 0 Å². The van der Waals surface area contributed by atoms with Crippen molar-refractivity contribution in [1.29, 1.82) is 0 Å². The van der Waals surface area contributed by atoms with Gasteiger partial charge in [-0.2, -0.15) is 4.39 Å². The van der Waals surface area contributed by atoms with E-state index in [0.717, 1.165) is 17.1 Å². The van der Waals surface area contributed by atoms with Crippen LogP contribution < -0.4 is 16.6 Å². The second kappa shape index (κ2) is 8.04. The fourth-order valence-electron chi connectivity index (χ4n) is 1.15. The quantitative estimate of drug-likeness (QED) is 0.498. The number of anilines is 1. The normalized spacial score (nSPS) is 10.5. The van der Waals surface area contributed by atoms with Crippen molar-refractivity contribution in [3.63, 3.8) is 0 Å². The average molecular weight is 270 g/mol. The van der Waals surface area contributed by atoms with Crippen molar-refractivity contribution < 1.29 is 9.31 Å². The molecule has 0 heterocycles. The fraction of sp³-hybridized carbons (Fsp3) is 0.333. The summed E-state index contributed by atoms with van der Waals surface area (Å²) in [6.45, 7) is 5.84. The first-order chi connectivity index (χ1) is 8.95. The molecule has 0 bridgehead atoms. The Balaban J connectivity index is 0.00000154. The number of benzene rings is 1. The molecule has 0 radical (unpaired) electrons. The lowest BCUT2D eigenvalue weighted by molar-refractivity contribution is -0.387. The Hall–Kier alpha value is -2.15. The molecule has 0 unspecified atom stereocenters. The molecule has 4 N–H and O–H groups in total. The number of hydrazine groups is 1. The van der Waals surface area contributed by atoms with Crippen LogP contribution in [-0.2, 0) is 0 Å². The van der Waals surface area contributed by atoms with Crippen LogP contribution in [0.25, 0.3) is 0 Å². The van der Waals surface area contributed by atoms with E-state index in [9.17, 15) is 14.5 Å². The Morgan fingerprint density at radius 3 is 2.58 bits per heavy atom. The summed E-state index contributed by atoms with van der Waals surface area (Å²) in [6, 6.07) is 3.37. The third-order valence-corrected chi connectivity index (χ3v) is 2.14. The Morgan fingerprint density at radius 2 is 2.11 bits per heavy atom. The highest BCUT2D eigenvalue weighted by atomic mass is 19.1. The third-order valence-electron chi connectivity index (χ3n) is 2.14. The van der Waals surface area contributed by atoms with Crippen LogP contribution in [0, 0.1) is 15.9 Å². The molecule has 7 heteroatoms. The second-order valence-corrected chi connectivity index (χ2v) is 3.36. The molecule has 0 amide bonds. The Labute approximate surface area is 111 Å². The van der Waals surface area contributed by atoms with Crippen LogP contribution in [0.2, 0.25) is 0 Å². The van der Waals surface area contributed by atoms with E-state index in [1.165, 1.54) is 12.3 Å². The molecule has 0 saturated carbocycles. The van der Waals surface area contributed by atoms with E-state index in [2.05, 4.69) is 0 Å². The standard InChI is InChI=1S/C10H13FN4O2.C2H6/c1-2-7(12)6-14(13)8-3-4-9(11)10(5-8)15(16)17;1-2/h3-6H,2,12-13H2,1H3;1-2H3/b7-6-;. The lowest BCUT2D eigenvalue weighted by Crippen LogP contribution is -2.26. The van der Waals surface area contributed by atoms with Crippen molar-refractivity contribution in [3.05, 3.63) is 46.0 Å². The minimum atomic E-state index is -0.903. The highest BCUT2D eigenvalue weighted by Crippen LogP contribution is 2.23. The number of hydrogen-bond donors (Lipinski definition) is 2. The number of nitro groups is 1. The van der Waals surface area contributed by atoms with Crippen LogP contribution in [0.3, 0.4) is 0 Å². The van der Waals surface area contributed by atoms with Gasteiger partial charge < -0.3 is 5.73 Å². The SMILES string of the molecule is CC.CC/C(N)=C/N(N)c1ccc(F)c([N+](=O)[O-])c1. The van der Waals surface area contributed by atoms with Crippen LogP contribution in [-0.4, -0.2) is 4.92 Å². The molecule has 0 aliphatic heterocycles. The zero-order valence-electron chi connectivity index (χ0n) is 11.3. The monoisotopic (exact) mass is 270 g/mol. The van der Waals surface area contributed by atoms with Crippen LogP contribution in [0.5, 0.6) is 0 Å². The third kappa shape index (κ3) is 4.92. The summed E-state index contributed by atoms with van der Waals surface area (Å²) >= 11 is 0. The van der Waals surface area contributed by atoms with Crippen molar-refractivity contribution in [2.24, 2.45) is 11.6 Å². The lowest BCUT2D eigenvalue weighted by Gasteiger charge is -2.14. The molecule has 0 fully saturated rings. The first kappa shape index (κ1) is 16.9. The zero-order valence-corrected chi connectivity index (χ0v) is 11.3. The molecule has 1 rings (SSSR count). The molecule has 19 heavy (non-hydrogen) atoms. The maximum atomic E-state index is 13.1. The lowest BCUT2D eigenvalue weighted by atomic mass is 10.2. The molecule has 0 aliphatic rings. The van der Waals surface area contributed by atoms with Gasteiger partial charge in [0.2, 0.25) is 5.82 Å². The minimum Gasteiger partial charge on any atom is -0.401 e. The smallest absolute Gasteiger partial charge is 0.306 e. The molecule has 1 aromatic rings. The van der Waals surface area contributed by atoms with Gasteiger partial charge in [0.1, 0.15) is 0 Å². The number of allylic oxidation sites excluding steroid dienone is 1. The van der Waals surface area contributed by atoms with Gasteiger partial charge >= 0.3 is 5.69 Å². The number of halogens is 1. The van der Waals surface area contributed by atoms with E-state index in [1.807, 2.05) is 20.8 Å². The maximum absolute atomic E-state index is 13.1. The van der Waals surface area contributed by atoms with Gasteiger partial charge in [-0.05, 0) is 18.6 Å². The van der Waals surface area contributed by atoms with Gasteiger partial charge in [-0.1, -0.05) is 20.8 Å². The first-order valence-electron chi connectivity index (χ1n) is 5.89. The Bertz CT molecular complexity index is 463. The summed E-state index contributed by atoms with van der Waals surface area (Å²) in [4.78, 5) is 9.74. The highest BCUT2D eigenvalue weighted by Gasteiger charge is 2.15. The van der Waals surface area contributed by atoms with Crippen molar-refractivity contribution in [2.75, 3.05) is 5.01 Å². The van der Waals surface area contributed by atoms with E-state index in [1.54, 1.807) is 0 Å². The van der Waals surface area contributed by atoms with Gasteiger partial charge in [0, 0.05) is 18.0 Å². The number of hydrogen-bond acceptors (Lipinski definition) is 5. The molecular weight excluding hydrogens is 251 g/mol. The van der Waals surface area contributed by atoms with Crippen molar-refractivity contribution in [2.45, 2.75) is 27.2 Å². The maximum Gasteiger partial charge on any atom is 0.306 e. The molecule has 106 valence electrons. The minimum absolute atomic E-state index is 0.287. The molecule has 0 aliphatic carbocycles. The van der Waals surface area contributed by atoms with Crippen molar-refractivity contribution in [1.82, 2.24) is 0 Å². The van der Waals surface area contributed by atoms with Crippen molar-refractivity contribution in [3.8, 4) is 0 Å². The fourth-order valence-corrected chi connectivity index (χ4v) is 1.15. The summed E-state index contributed by atoms with van der Waals surface area (Å²) in [5.74, 6) is 4.72. The van der Waals surface area contributed by atoms with Gasteiger partial charge in [-0.25, -0.2) is 5.84 Å². The summed E-state index contributed by atoms with van der Waals surface area (Å²) in [7, 11) is 0. The molecular formula is C12H19FN4O2. The molecule has 1 aromatic carbocycles. The van der Waals surface area contributed by atoms with E-state index >= 15 is 0 Å². The Kier molecular flexibility index (Phi) is 7.13. The Morgan fingerprint density at radius 1 is 1.53 bits per heavy atom. The van der Waals surface area contributed by atoms with Gasteiger partial charge in [-0.15, -0.1) is 0 Å². The number of nitrogens with two attached hydrogens (primary N) is 2. The number of nitro benzene ring substituents is 1. The number of rotatable bonds is 4. The van der Waals surface area contributed by atoms with Crippen molar-refractivity contribution >= 4 is 11.4 Å². The average Bonchev–Trinajstić information content (AvgIpc) is 2.40. The second-order valence-electron chi connectivity index (χ2n) is 3.36. The predicted molar refractivity (Wildman–Crippen MR) is 73.6 cm³/mol. The molecule has 0 saturated heterocycles. The molecule has 0 aromatic heterocycles. The van der Waals surface area contributed by atoms with Gasteiger partial charge in [0.05, 0.1) is 10.6 Å². The molecule has 6 nitrogen and oxygen atoms in total. The summed E-state index contributed by atoms with van der Waals surface area (Å²) in [6.07, 6.45) is 2.02. The zero-order chi connectivity index (χ0) is 15.0. The van der Waals surface area contributed by atoms with Crippen LogP contribution in [0.4, 0.5) is 15.8 Å². The summed E-state index contributed by atoms with van der Waals surface area (Å²) in [5.41, 5.74) is 5.75. The van der Waals surface area contributed by atoms with Crippen LogP contribution in [0.15, 0.2) is 30.1 Å². The largest absolute Gasteiger partial charge is 0.401 e. The molecule has 0 atom stereocenters. The number of nitrogens with zero attached hydrogens (tertiary/aromatic N) is 2. The summed E-state index contributed by atoms with van der Waals surface area (Å²) < 4.78 is 13.1.